The fraction of sp³-hybridized carbons (Fsp3) is 0.500. The van der Waals surface area contributed by atoms with Crippen molar-refractivity contribution in [3.05, 3.63) is 46.8 Å². The number of halogens is 5. The van der Waals surface area contributed by atoms with Gasteiger partial charge in [-0.3, -0.25) is 4.98 Å². The molecular weight excluding hydrogens is 573 g/mol. The van der Waals surface area contributed by atoms with Gasteiger partial charge in [0.2, 0.25) is 0 Å². The highest BCUT2D eigenvalue weighted by Crippen LogP contribution is 2.35. The van der Waals surface area contributed by atoms with E-state index in [1.165, 1.54) is 12.5 Å². The first-order valence-electron chi connectivity index (χ1n) is 12.2. The Labute approximate surface area is 227 Å². The number of piperidine rings is 1. The van der Waals surface area contributed by atoms with Gasteiger partial charge in [-0.2, -0.15) is 13.2 Å². The number of nitrogens with one attached hydrogen (secondary N) is 1. The van der Waals surface area contributed by atoms with Crippen molar-refractivity contribution in [3.63, 3.8) is 0 Å². The van der Waals surface area contributed by atoms with Crippen LogP contribution in [0.2, 0.25) is 0 Å². The standard InChI is InChI=1S/C24H29BrClF3N8/c25-20-21(30)33-15-34-23(20)36-10-4-16(5-11-36)22-35-18(14-37(22)12-9-31-7-2-1-6-26)17-3-8-32-19(13-17)24(27,28)29/h3,8,13-16,31H,1-2,4-7,9-12H2,(H2,30,33,34). The van der Waals surface area contributed by atoms with Gasteiger partial charge in [-0.1, -0.05) is 0 Å². The molecule has 0 spiro atoms. The second-order valence-corrected chi connectivity index (χ2v) is 10.1. The maximum absolute atomic E-state index is 13.3. The molecule has 4 rings (SSSR count). The largest absolute Gasteiger partial charge is 0.433 e. The highest BCUT2D eigenvalue weighted by Gasteiger charge is 2.33. The van der Waals surface area contributed by atoms with Gasteiger partial charge in [0.05, 0.1) is 5.69 Å². The molecule has 37 heavy (non-hydrogen) atoms. The van der Waals surface area contributed by atoms with Gasteiger partial charge >= 0.3 is 6.18 Å². The van der Waals surface area contributed by atoms with E-state index in [-0.39, 0.29) is 5.92 Å². The molecule has 3 aromatic heterocycles. The van der Waals surface area contributed by atoms with Crippen LogP contribution in [0.4, 0.5) is 24.8 Å². The number of aromatic nitrogens is 5. The Kier molecular flexibility index (Phi) is 9.25. The van der Waals surface area contributed by atoms with Gasteiger partial charge in [0, 0.05) is 55.9 Å². The monoisotopic (exact) mass is 600 g/mol. The molecule has 0 bridgehead atoms. The summed E-state index contributed by atoms with van der Waals surface area (Å²) in [5.74, 6) is 2.82. The third kappa shape index (κ3) is 6.91. The molecule has 1 aliphatic rings. The molecule has 8 nitrogen and oxygen atoms in total. The van der Waals surface area contributed by atoms with Crippen LogP contribution in [0, 0.1) is 0 Å². The van der Waals surface area contributed by atoms with Crippen molar-refractivity contribution in [1.29, 1.82) is 0 Å². The van der Waals surface area contributed by atoms with Gasteiger partial charge in [0.15, 0.2) is 0 Å². The molecule has 0 unspecified atom stereocenters. The van der Waals surface area contributed by atoms with E-state index in [1.807, 2.05) is 6.20 Å². The topological polar surface area (TPSA) is 97.8 Å². The molecule has 0 radical (unpaired) electrons. The lowest BCUT2D eigenvalue weighted by Gasteiger charge is -2.33. The lowest BCUT2D eigenvalue weighted by atomic mass is 9.96. The Balaban J connectivity index is 1.53. The van der Waals surface area contributed by atoms with Gasteiger partial charge in [0.1, 0.15) is 34.0 Å². The van der Waals surface area contributed by atoms with E-state index in [0.29, 0.717) is 34.0 Å². The number of pyridine rings is 1. The number of nitrogens with zero attached hydrogens (tertiary/aromatic N) is 6. The molecule has 1 aliphatic heterocycles. The average Bonchev–Trinajstić information content (AvgIpc) is 3.32. The third-order valence-corrected chi connectivity index (χ3v) is 7.41. The minimum Gasteiger partial charge on any atom is -0.383 e. The van der Waals surface area contributed by atoms with Crippen molar-refractivity contribution in [2.45, 2.75) is 44.3 Å². The van der Waals surface area contributed by atoms with Crippen molar-refractivity contribution in [2.24, 2.45) is 0 Å². The Morgan fingerprint density at radius 3 is 2.65 bits per heavy atom. The second-order valence-electron chi connectivity index (χ2n) is 8.91. The summed E-state index contributed by atoms with van der Waals surface area (Å²) in [5.41, 5.74) is 5.91. The summed E-state index contributed by atoms with van der Waals surface area (Å²) in [4.78, 5) is 18.9. The summed E-state index contributed by atoms with van der Waals surface area (Å²) in [5, 5.41) is 3.41. The van der Waals surface area contributed by atoms with Crippen molar-refractivity contribution < 1.29 is 13.2 Å². The Morgan fingerprint density at radius 1 is 1.14 bits per heavy atom. The minimum absolute atomic E-state index is 0.156. The van der Waals surface area contributed by atoms with E-state index >= 15 is 0 Å². The van der Waals surface area contributed by atoms with Crippen molar-refractivity contribution in [1.82, 2.24) is 29.8 Å². The molecular formula is C24H29BrClF3N8. The molecule has 4 heterocycles. The molecule has 3 aromatic rings. The van der Waals surface area contributed by atoms with Gasteiger partial charge in [0.25, 0.3) is 0 Å². The lowest BCUT2D eigenvalue weighted by molar-refractivity contribution is -0.141. The quantitative estimate of drug-likeness (QED) is 0.247. The number of unbranched alkanes of at least 4 members (excludes halogenated alkanes) is 1. The van der Waals surface area contributed by atoms with Crippen molar-refractivity contribution in [2.75, 3.05) is 42.7 Å². The van der Waals surface area contributed by atoms with Crippen LogP contribution < -0.4 is 16.0 Å². The van der Waals surface area contributed by atoms with Gasteiger partial charge in [-0.05, 0) is 60.3 Å². The van der Waals surface area contributed by atoms with Crippen molar-refractivity contribution >= 4 is 39.2 Å². The Hall–Kier alpha value is -2.44. The maximum Gasteiger partial charge on any atom is 0.433 e. The van der Waals surface area contributed by atoms with Crippen LogP contribution in [-0.2, 0) is 12.7 Å². The Bertz CT molecular complexity index is 1180. The fourth-order valence-corrected chi connectivity index (χ4v) is 5.08. The number of hydrogen-bond donors (Lipinski definition) is 2. The van der Waals surface area contributed by atoms with E-state index in [0.717, 1.165) is 69.6 Å². The molecule has 3 N–H and O–H groups in total. The van der Waals surface area contributed by atoms with Gasteiger partial charge in [-0.15, -0.1) is 11.6 Å². The average molecular weight is 602 g/mol. The SMILES string of the molecule is Nc1ncnc(N2CCC(c3nc(-c4ccnc(C(F)(F)F)c4)cn3CCNCCCCCl)CC2)c1Br. The molecule has 0 aromatic carbocycles. The van der Waals surface area contributed by atoms with E-state index in [1.54, 1.807) is 6.07 Å². The van der Waals surface area contributed by atoms with E-state index in [9.17, 15) is 13.2 Å². The van der Waals surface area contributed by atoms with Gasteiger partial charge < -0.3 is 20.5 Å². The molecule has 1 saturated heterocycles. The molecule has 1 fully saturated rings. The van der Waals surface area contributed by atoms with Crippen LogP contribution in [0.1, 0.15) is 43.1 Å². The highest BCUT2D eigenvalue weighted by molar-refractivity contribution is 9.10. The molecule has 0 atom stereocenters. The van der Waals surface area contributed by atoms with Crippen LogP contribution in [0.25, 0.3) is 11.3 Å². The lowest BCUT2D eigenvalue weighted by Crippen LogP contribution is -2.35. The zero-order valence-corrected chi connectivity index (χ0v) is 22.5. The van der Waals surface area contributed by atoms with Crippen LogP contribution in [0.3, 0.4) is 0 Å². The smallest absolute Gasteiger partial charge is 0.383 e. The van der Waals surface area contributed by atoms with Crippen LogP contribution in [0.15, 0.2) is 35.3 Å². The first-order valence-corrected chi connectivity index (χ1v) is 13.5. The maximum atomic E-state index is 13.3. The first kappa shape index (κ1) is 27.6. The number of rotatable bonds is 10. The normalized spacial score (nSPS) is 14.9. The predicted octanol–water partition coefficient (Wildman–Crippen LogP) is 5.09. The van der Waals surface area contributed by atoms with Crippen molar-refractivity contribution in [3.8, 4) is 11.3 Å². The summed E-state index contributed by atoms with van der Waals surface area (Å²) >= 11 is 9.23. The van der Waals surface area contributed by atoms with E-state index < -0.39 is 11.9 Å². The summed E-state index contributed by atoms with van der Waals surface area (Å²) in [6.07, 6.45) is 3.54. The fourth-order valence-electron chi connectivity index (χ4n) is 4.43. The molecule has 0 saturated carbocycles. The number of nitrogens with two attached hydrogens (primary N) is 1. The van der Waals surface area contributed by atoms with Gasteiger partial charge in [-0.25, -0.2) is 15.0 Å². The molecule has 13 heteroatoms. The summed E-state index contributed by atoms with van der Waals surface area (Å²) < 4.78 is 42.5. The van der Waals surface area contributed by atoms with E-state index in [2.05, 4.69) is 45.7 Å². The number of alkyl halides is 4. The molecule has 200 valence electrons. The predicted molar refractivity (Wildman–Crippen MR) is 142 cm³/mol. The number of anilines is 2. The second kappa shape index (κ2) is 12.4. The van der Waals surface area contributed by atoms with Crippen LogP contribution in [-0.4, -0.2) is 56.6 Å². The molecule has 0 aliphatic carbocycles. The summed E-state index contributed by atoms with van der Waals surface area (Å²) in [6.45, 7) is 3.73. The number of nitrogen functional groups attached to an aromatic ring is 1. The minimum atomic E-state index is -4.51. The zero-order valence-electron chi connectivity index (χ0n) is 20.2. The number of hydrogen-bond acceptors (Lipinski definition) is 7. The number of imidazole rings is 1. The van der Waals surface area contributed by atoms with E-state index in [4.69, 9.17) is 22.3 Å². The first-order chi connectivity index (χ1) is 17.8. The van der Waals surface area contributed by atoms with Crippen LogP contribution in [0.5, 0.6) is 0 Å². The third-order valence-electron chi connectivity index (χ3n) is 6.38. The zero-order chi connectivity index (χ0) is 26.4. The van der Waals surface area contributed by atoms with Crippen LogP contribution >= 0.6 is 27.5 Å². The highest BCUT2D eigenvalue weighted by atomic mass is 79.9. The Morgan fingerprint density at radius 2 is 1.92 bits per heavy atom. The summed E-state index contributed by atoms with van der Waals surface area (Å²) in [7, 11) is 0. The molecule has 0 amide bonds. The summed E-state index contributed by atoms with van der Waals surface area (Å²) in [6, 6.07) is 2.62.